The molecular weight excluding hydrogens is 240 g/mol. The highest BCUT2D eigenvalue weighted by Gasteiger charge is 2.31. The number of phenols is 1. The first-order chi connectivity index (χ1) is 8.97. The Kier molecular flexibility index (Phi) is 3.69. The van der Waals surface area contributed by atoms with Gasteiger partial charge < -0.3 is 15.7 Å². The Bertz CT molecular complexity index is 477. The van der Waals surface area contributed by atoms with Gasteiger partial charge in [0.1, 0.15) is 0 Å². The second kappa shape index (κ2) is 5.11. The molecule has 104 valence electrons. The van der Waals surface area contributed by atoms with Crippen LogP contribution in [0.5, 0.6) is 5.75 Å². The molecule has 0 radical (unpaired) electrons. The quantitative estimate of drug-likeness (QED) is 0.636. The van der Waals surface area contributed by atoms with Crippen molar-refractivity contribution in [1.29, 1.82) is 0 Å². The Morgan fingerprint density at radius 2 is 2.05 bits per heavy atom. The molecule has 1 fully saturated rings. The molecule has 4 heteroatoms. The van der Waals surface area contributed by atoms with Crippen molar-refractivity contribution in [2.45, 2.75) is 33.1 Å². The van der Waals surface area contributed by atoms with Gasteiger partial charge in [0.2, 0.25) is 0 Å². The standard InChI is InChI=1S/C15H22N2O2/c1-3-15(2)7-9-17(10-8-15)14(19)11-5-4-6-12(16)13(11)18/h4-6,18H,3,7-10,16H2,1-2H3. The Morgan fingerprint density at radius 1 is 1.42 bits per heavy atom. The van der Waals surface area contributed by atoms with Crippen LogP contribution in [-0.2, 0) is 0 Å². The number of hydrogen-bond donors (Lipinski definition) is 2. The minimum absolute atomic E-state index is 0.101. The zero-order valence-corrected chi connectivity index (χ0v) is 11.6. The first-order valence-corrected chi connectivity index (χ1v) is 6.83. The summed E-state index contributed by atoms with van der Waals surface area (Å²) in [4.78, 5) is 14.2. The number of carbonyl (C=O) groups is 1. The Balaban J connectivity index is 2.12. The van der Waals surface area contributed by atoms with Crippen LogP contribution in [0.25, 0.3) is 0 Å². The number of nitrogens with zero attached hydrogens (tertiary/aromatic N) is 1. The van der Waals surface area contributed by atoms with Crippen molar-refractivity contribution in [3.05, 3.63) is 23.8 Å². The van der Waals surface area contributed by atoms with Gasteiger partial charge in [-0.15, -0.1) is 0 Å². The van der Waals surface area contributed by atoms with Gasteiger partial charge in [-0.3, -0.25) is 4.79 Å². The third-order valence-electron chi connectivity index (χ3n) is 4.41. The molecule has 19 heavy (non-hydrogen) atoms. The van der Waals surface area contributed by atoms with Gasteiger partial charge in [-0.05, 0) is 30.4 Å². The molecule has 1 saturated heterocycles. The van der Waals surface area contributed by atoms with Crippen molar-refractivity contribution < 1.29 is 9.90 Å². The molecule has 1 heterocycles. The van der Waals surface area contributed by atoms with Crippen LogP contribution in [0.15, 0.2) is 18.2 Å². The maximum atomic E-state index is 12.4. The summed E-state index contributed by atoms with van der Waals surface area (Å²) in [6.45, 7) is 5.96. The van der Waals surface area contributed by atoms with Crippen molar-refractivity contribution in [3.63, 3.8) is 0 Å². The SMILES string of the molecule is CCC1(C)CCN(C(=O)c2cccc(N)c2O)CC1. The molecule has 0 aliphatic carbocycles. The van der Waals surface area contributed by atoms with Crippen LogP contribution >= 0.6 is 0 Å². The van der Waals surface area contributed by atoms with E-state index in [1.54, 1.807) is 18.2 Å². The summed E-state index contributed by atoms with van der Waals surface area (Å²) in [5.74, 6) is -0.223. The monoisotopic (exact) mass is 262 g/mol. The number of phenolic OH excluding ortho intramolecular Hbond substituents is 1. The molecule has 3 N–H and O–H groups in total. The zero-order chi connectivity index (χ0) is 14.0. The van der Waals surface area contributed by atoms with Gasteiger partial charge in [0.15, 0.2) is 5.75 Å². The molecule has 1 aliphatic rings. The summed E-state index contributed by atoms with van der Waals surface area (Å²) in [6, 6.07) is 4.92. The minimum atomic E-state index is -0.122. The van der Waals surface area contributed by atoms with E-state index in [2.05, 4.69) is 13.8 Å². The summed E-state index contributed by atoms with van der Waals surface area (Å²) in [7, 11) is 0. The number of anilines is 1. The number of carbonyl (C=O) groups excluding carboxylic acids is 1. The van der Waals surface area contributed by atoms with Gasteiger partial charge in [-0.1, -0.05) is 26.3 Å². The van der Waals surface area contributed by atoms with Gasteiger partial charge in [-0.25, -0.2) is 0 Å². The summed E-state index contributed by atoms with van der Waals surface area (Å²) in [6.07, 6.45) is 3.16. The largest absolute Gasteiger partial charge is 0.505 e. The number of nitrogens with two attached hydrogens (primary N) is 1. The van der Waals surface area contributed by atoms with E-state index in [1.165, 1.54) is 0 Å². The van der Waals surface area contributed by atoms with Gasteiger partial charge in [-0.2, -0.15) is 0 Å². The van der Waals surface area contributed by atoms with E-state index in [1.807, 2.05) is 4.90 Å². The van der Waals surface area contributed by atoms with Crippen molar-refractivity contribution in [1.82, 2.24) is 4.90 Å². The van der Waals surface area contributed by atoms with E-state index in [9.17, 15) is 9.90 Å². The highest BCUT2D eigenvalue weighted by Crippen LogP contribution is 2.35. The number of aromatic hydroxyl groups is 1. The van der Waals surface area contributed by atoms with Crippen LogP contribution in [-0.4, -0.2) is 29.0 Å². The molecule has 0 saturated carbocycles. The highest BCUT2D eigenvalue weighted by atomic mass is 16.3. The van der Waals surface area contributed by atoms with Crippen LogP contribution in [0.2, 0.25) is 0 Å². The average molecular weight is 262 g/mol. The number of likely N-dealkylation sites (tertiary alicyclic amines) is 1. The molecule has 0 atom stereocenters. The fraction of sp³-hybridized carbons (Fsp3) is 0.533. The molecule has 0 spiro atoms. The van der Waals surface area contributed by atoms with Crippen LogP contribution in [0.4, 0.5) is 5.69 Å². The number of benzene rings is 1. The van der Waals surface area contributed by atoms with Crippen molar-refractivity contribution in [2.24, 2.45) is 5.41 Å². The van der Waals surface area contributed by atoms with Crippen LogP contribution < -0.4 is 5.73 Å². The highest BCUT2D eigenvalue weighted by molar-refractivity contribution is 5.98. The molecule has 1 aliphatic heterocycles. The van der Waals surface area contributed by atoms with E-state index in [0.29, 0.717) is 11.0 Å². The van der Waals surface area contributed by atoms with Gasteiger partial charge in [0, 0.05) is 13.1 Å². The van der Waals surface area contributed by atoms with E-state index < -0.39 is 0 Å². The Morgan fingerprint density at radius 3 is 2.63 bits per heavy atom. The number of piperidine rings is 1. The predicted octanol–water partition coefficient (Wildman–Crippen LogP) is 2.63. The smallest absolute Gasteiger partial charge is 0.257 e. The summed E-state index contributed by atoms with van der Waals surface area (Å²) in [5, 5.41) is 9.87. The van der Waals surface area contributed by atoms with E-state index in [4.69, 9.17) is 5.73 Å². The second-order valence-corrected chi connectivity index (χ2v) is 5.70. The Hall–Kier alpha value is -1.71. The predicted molar refractivity (Wildman–Crippen MR) is 76.1 cm³/mol. The first-order valence-electron chi connectivity index (χ1n) is 6.83. The molecule has 1 aromatic carbocycles. The number of nitrogen functional groups attached to an aromatic ring is 1. The van der Waals surface area contributed by atoms with Crippen LogP contribution in [0.3, 0.4) is 0 Å². The molecule has 4 nitrogen and oxygen atoms in total. The first kappa shape index (κ1) is 13.7. The topological polar surface area (TPSA) is 66.6 Å². The van der Waals surface area contributed by atoms with Crippen LogP contribution in [0, 0.1) is 5.41 Å². The minimum Gasteiger partial charge on any atom is -0.505 e. The molecule has 2 rings (SSSR count). The fourth-order valence-corrected chi connectivity index (χ4v) is 2.51. The molecule has 1 amide bonds. The average Bonchev–Trinajstić information content (AvgIpc) is 2.42. The number of para-hydroxylation sites is 1. The van der Waals surface area contributed by atoms with Crippen molar-refractivity contribution in [3.8, 4) is 5.75 Å². The second-order valence-electron chi connectivity index (χ2n) is 5.70. The molecule has 0 bridgehead atoms. The lowest BCUT2D eigenvalue weighted by atomic mass is 9.78. The van der Waals surface area contributed by atoms with Gasteiger partial charge in [0.05, 0.1) is 11.3 Å². The third-order valence-corrected chi connectivity index (χ3v) is 4.41. The number of rotatable bonds is 2. The summed E-state index contributed by atoms with van der Waals surface area (Å²) >= 11 is 0. The normalized spacial score (nSPS) is 18.3. The molecule has 0 unspecified atom stereocenters. The third kappa shape index (κ3) is 2.67. The van der Waals surface area contributed by atoms with Crippen LogP contribution in [0.1, 0.15) is 43.5 Å². The Labute approximate surface area is 114 Å². The lowest BCUT2D eigenvalue weighted by molar-refractivity contribution is 0.0597. The van der Waals surface area contributed by atoms with Gasteiger partial charge in [0.25, 0.3) is 5.91 Å². The maximum Gasteiger partial charge on any atom is 0.257 e. The lowest BCUT2D eigenvalue weighted by Crippen LogP contribution is -2.42. The fourth-order valence-electron chi connectivity index (χ4n) is 2.51. The summed E-state index contributed by atoms with van der Waals surface area (Å²) < 4.78 is 0. The summed E-state index contributed by atoms with van der Waals surface area (Å²) in [5.41, 5.74) is 6.53. The zero-order valence-electron chi connectivity index (χ0n) is 11.6. The van der Waals surface area contributed by atoms with E-state index in [-0.39, 0.29) is 17.3 Å². The number of amides is 1. The molecular formula is C15H22N2O2. The van der Waals surface area contributed by atoms with Crippen molar-refractivity contribution in [2.75, 3.05) is 18.8 Å². The molecule has 0 aromatic heterocycles. The van der Waals surface area contributed by atoms with Gasteiger partial charge >= 0.3 is 0 Å². The van der Waals surface area contributed by atoms with Crippen molar-refractivity contribution >= 4 is 11.6 Å². The van der Waals surface area contributed by atoms with E-state index >= 15 is 0 Å². The lowest BCUT2D eigenvalue weighted by Gasteiger charge is -2.39. The number of hydrogen-bond acceptors (Lipinski definition) is 3. The molecule has 1 aromatic rings. The maximum absolute atomic E-state index is 12.4. The van der Waals surface area contributed by atoms with E-state index in [0.717, 1.165) is 32.4 Å².